The Morgan fingerprint density at radius 1 is 0.375 bits per heavy atom. The summed E-state index contributed by atoms with van der Waals surface area (Å²) in [5, 5.41) is 2.54. The van der Waals surface area contributed by atoms with E-state index in [2.05, 4.69) is 275 Å². The lowest BCUT2D eigenvalue weighted by molar-refractivity contribution is 0.487. The highest BCUT2D eigenvalue weighted by atomic mass is 16.5. The zero-order chi connectivity index (χ0) is 48.9. The maximum atomic E-state index is 7.48. The van der Waals surface area contributed by atoms with Gasteiger partial charge in [0.15, 0.2) is 0 Å². The quantitative estimate of drug-likeness (QED) is 0.155. The minimum absolute atomic E-state index is 0.00768. The van der Waals surface area contributed by atoms with Gasteiger partial charge in [-0.25, -0.2) is 0 Å². The Kier molecular flexibility index (Phi) is 10.1. The summed E-state index contributed by atoms with van der Waals surface area (Å²) in [6.45, 7) is 13.7. The van der Waals surface area contributed by atoms with E-state index < -0.39 is 0 Å². The van der Waals surface area contributed by atoms with E-state index in [0.29, 0.717) is 0 Å². The van der Waals surface area contributed by atoms with Crippen molar-refractivity contribution in [1.82, 2.24) is 4.57 Å². The van der Waals surface area contributed by atoms with E-state index >= 15 is 0 Å². The summed E-state index contributed by atoms with van der Waals surface area (Å²) in [5.74, 6) is 1.74. The second-order valence-corrected chi connectivity index (χ2v) is 21.7. The van der Waals surface area contributed by atoms with Crippen molar-refractivity contribution in [3.8, 4) is 61.7 Å². The monoisotopic (exact) mass is 926 g/mol. The summed E-state index contributed by atoms with van der Waals surface area (Å²) in [4.78, 5) is 2.55. The topological polar surface area (TPSA) is 17.4 Å². The second-order valence-electron chi connectivity index (χ2n) is 21.7. The Morgan fingerprint density at radius 2 is 0.903 bits per heavy atom. The van der Waals surface area contributed by atoms with E-state index in [1.54, 1.807) is 0 Å². The van der Waals surface area contributed by atoms with Crippen molar-refractivity contribution in [2.45, 2.75) is 52.4 Å². The Bertz CT molecular complexity index is 3770. The number of ether oxygens (including phenoxy) is 1. The Labute approximate surface area is 423 Å². The molecule has 0 atom stereocenters. The minimum atomic E-state index is -0.126. The first-order valence-corrected chi connectivity index (χ1v) is 25.4. The van der Waals surface area contributed by atoms with Crippen molar-refractivity contribution >= 4 is 62.0 Å². The second kappa shape index (κ2) is 16.6. The number of aromatic nitrogens is 1. The van der Waals surface area contributed by atoms with Gasteiger partial charge in [-0.1, -0.05) is 211 Å². The molecule has 72 heavy (non-hydrogen) atoms. The summed E-state index contributed by atoms with van der Waals surface area (Å²) in [7, 11) is 0. The Hall–Kier alpha value is -8.34. The van der Waals surface area contributed by atoms with Crippen LogP contribution in [0.2, 0.25) is 0 Å². The number of fused-ring (bicyclic) bond motifs is 7. The molecule has 0 N–H and O–H groups in total. The van der Waals surface area contributed by atoms with E-state index in [1.165, 1.54) is 49.5 Å². The fourth-order valence-electron chi connectivity index (χ4n) is 11.4. The normalized spacial score (nSPS) is 12.9. The van der Waals surface area contributed by atoms with E-state index in [1.807, 2.05) is 0 Å². The SMILES string of the molecule is CC(C)(C)c1ccc2c(c1)c1cc(C(C)(C)C)ccc1n2-c1ccc2c(c1)Oc1cc(-c3ccccc3)cc3c1B2c1cc(-c2ccccc2)ccc1N3c1c(-c2ccccc2)cccc1-c1ccccc1. The van der Waals surface area contributed by atoms with Crippen LogP contribution in [-0.4, -0.2) is 11.3 Å². The molecule has 0 unspecified atom stereocenters. The van der Waals surface area contributed by atoms with Crippen LogP contribution in [-0.2, 0) is 10.8 Å². The minimum Gasteiger partial charge on any atom is -0.458 e. The third kappa shape index (κ3) is 7.19. The average Bonchev–Trinajstić information content (AvgIpc) is 3.74. The molecular weight excluding hydrogens is 872 g/mol. The molecule has 0 saturated heterocycles. The van der Waals surface area contributed by atoms with Crippen LogP contribution >= 0.6 is 0 Å². The third-order valence-corrected chi connectivity index (χ3v) is 15.2. The molecular formula is C68H55BN2O. The number of para-hydroxylation sites is 1. The van der Waals surface area contributed by atoms with Gasteiger partial charge in [-0.05, 0) is 120 Å². The zero-order valence-electron chi connectivity index (χ0n) is 41.7. The van der Waals surface area contributed by atoms with Gasteiger partial charge in [0.05, 0.1) is 16.7 Å². The molecule has 2 aliphatic rings. The van der Waals surface area contributed by atoms with Gasteiger partial charge in [-0.15, -0.1) is 0 Å². The molecule has 0 aliphatic carbocycles. The third-order valence-electron chi connectivity index (χ3n) is 15.2. The maximum Gasteiger partial charge on any atom is 0.256 e. The van der Waals surface area contributed by atoms with Crippen molar-refractivity contribution in [2.75, 3.05) is 4.90 Å². The molecule has 0 fully saturated rings. The van der Waals surface area contributed by atoms with Crippen molar-refractivity contribution in [2.24, 2.45) is 0 Å². The molecule has 11 aromatic rings. The number of hydrogen-bond donors (Lipinski definition) is 0. The van der Waals surface area contributed by atoms with Gasteiger partial charge in [-0.2, -0.15) is 0 Å². The van der Waals surface area contributed by atoms with Gasteiger partial charge in [0.25, 0.3) is 6.71 Å². The fraction of sp³-hybridized carbons (Fsp3) is 0.118. The van der Waals surface area contributed by atoms with Crippen LogP contribution in [0.4, 0.5) is 17.1 Å². The number of hydrogen-bond acceptors (Lipinski definition) is 2. The van der Waals surface area contributed by atoms with E-state index in [0.717, 1.165) is 78.6 Å². The van der Waals surface area contributed by atoms with Crippen LogP contribution in [0.5, 0.6) is 11.5 Å². The summed E-state index contributed by atoms with van der Waals surface area (Å²) >= 11 is 0. The first kappa shape index (κ1) is 43.7. The van der Waals surface area contributed by atoms with E-state index in [9.17, 15) is 0 Å². The number of anilines is 3. The smallest absolute Gasteiger partial charge is 0.256 e. The average molecular weight is 927 g/mol. The van der Waals surface area contributed by atoms with Crippen molar-refractivity contribution in [3.63, 3.8) is 0 Å². The molecule has 10 aromatic carbocycles. The molecule has 0 spiro atoms. The van der Waals surface area contributed by atoms with Gasteiger partial charge in [0, 0.05) is 45.0 Å². The van der Waals surface area contributed by atoms with Gasteiger partial charge < -0.3 is 14.2 Å². The Balaban J connectivity index is 1.09. The first-order valence-electron chi connectivity index (χ1n) is 25.4. The van der Waals surface area contributed by atoms with Crippen LogP contribution in [0, 0.1) is 0 Å². The largest absolute Gasteiger partial charge is 0.458 e. The highest BCUT2D eigenvalue weighted by Gasteiger charge is 2.43. The summed E-state index contributed by atoms with van der Waals surface area (Å²) in [5.41, 5.74) is 22.3. The number of rotatable bonds is 6. The van der Waals surface area contributed by atoms with Gasteiger partial charge in [0.2, 0.25) is 0 Å². The lowest BCUT2D eigenvalue weighted by Crippen LogP contribution is -2.59. The fourth-order valence-corrected chi connectivity index (χ4v) is 11.4. The van der Waals surface area contributed by atoms with Crippen LogP contribution in [0.1, 0.15) is 52.7 Å². The molecule has 3 nitrogen and oxygen atoms in total. The maximum absolute atomic E-state index is 7.48. The summed E-state index contributed by atoms with van der Waals surface area (Å²) in [6, 6.07) is 82.9. The Morgan fingerprint density at radius 3 is 1.44 bits per heavy atom. The molecule has 1 aromatic heterocycles. The van der Waals surface area contributed by atoms with E-state index in [4.69, 9.17) is 4.74 Å². The number of nitrogens with zero attached hydrogens (tertiary/aromatic N) is 2. The van der Waals surface area contributed by atoms with Crippen LogP contribution < -0.4 is 26.0 Å². The standard InChI is InChI=1S/C68H55BN2O/c1-67(2,3)50-31-36-59-55(41-50)56-42-51(68(4,5)6)32-37-60(56)70(59)52-33-34-57-63(43-52)72-64-40-49(45-22-13-8-14-23-45)39-62-65(64)69(57)58-38-48(44-20-11-7-12-21-44)30-35-61(58)71(62)66-53(46-24-15-9-16-25-46)28-19-29-54(66)47-26-17-10-18-27-47/h7-43H,1-6H3. The lowest BCUT2D eigenvalue weighted by atomic mass is 9.34. The highest BCUT2D eigenvalue weighted by molar-refractivity contribution is 6.99. The molecule has 2 aliphatic heterocycles. The molecule has 0 saturated carbocycles. The van der Waals surface area contributed by atoms with Crippen molar-refractivity contribution in [3.05, 3.63) is 236 Å². The predicted molar refractivity (Wildman–Crippen MR) is 306 cm³/mol. The van der Waals surface area contributed by atoms with Crippen molar-refractivity contribution in [1.29, 1.82) is 0 Å². The van der Waals surface area contributed by atoms with Crippen molar-refractivity contribution < 1.29 is 4.74 Å². The van der Waals surface area contributed by atoms with Gasteiger partial charge >= 0.3 is 0 Å². The van der Waals surface area contributed by atoms with Gasteiger partial charge in [-0.3, -0.25) is 0 Å². The van der Waals surface area contributed by atoms with Gasteiger partial charge in [0.1, 0.15) is 11.5 Å². The molecule has 4 heteroatoms. The molecule has 0 amide bonds. The first-order chi connectivity index (χ1) is 35.0. The molecule has 0 radical (unpaired) electrons. The van der Waals surface area contributed by atoms with Crippen LogP contribution in [0.3, 0.4) is 0 Å². The summed E-state index contributed by atoms with van der Waals surface area (Å²) in [6.07, 6.45) is 0. The predicted octanol–water partition coefficient (Wildman–Crippen LogP) is 16.5. The van der Waals surface area contributed by atoms with Crippen LogP contribution in [0.15, 0.2) is 224 Å². The molecule has 346 valence electrons. The highest BCUT2D eigenvalue weighted by Crippen LogP contribution is 2.50. The van der Waals surface area contributed by atoms with Crippen LogP contribution in [0.25, 0.3) is 72.0 Å². The number of benzene rings is 10. The molecule has 3 heterocycles. The molecule has 0 bridgehead atoms. The molecule has 13 rings (SSSR count). The zero-order valence-corrected chi connectivity index (χ0v) is 41.7. The lowest BCUT2D eigenvalue weighted by Gasteiger charge is -2.42. The summed E-state index contributed by atoms with van der Waals surface area (Å²) < 4.78 is 9.93. The van der Waals surface area contributed by atoms with E-state index in [-0.39, 0.29) is 17.5 Å².